The number of rotatable bonds is 5. The Morgan fingerprint density at radius 2 is 1.74 bits per heavy atom. The maximum absolute atomic E-state index is 12.8. The molecule has 0 spiro atoms. The highest BCUT2D eigenvalue weighted by atomic mass is 16.2. The highest BCUT2D eigenvalue weighted by Crippen LogP contribution is 2.22. The fourth-order valence-corrected chi connectivity index (χ4v) is 2.62. The molecule has 0 radical (unpaired) electrons. The molecule has 0 saturated carbocycles. The van der Waals surface area contributed by atoms with Crippen LogP contribution in [0.15, 0.2) is 55.2 Å². The Morgan fingerprint density at radius 1 is 1.00 bits per heavy atom. The van der Waals surface area contributed by atoms with Crippen molar-refractivity contribution in [2.24, 2.45) is 0 Å². The van der Waals surface area contributed by atoms with E-state index in [9.17, 15) is 4.79 Å². The third-order valence-electron chi connectivity index (χ3n) is 4.44. The van der Waals surface area contributed by atoms with Gasteiger partial charge in [0.2, 0.25) is 0 Å². The quantitative estimate of drug-likeness (QED) is 0.695. The summed E-state index contributed by atoms with van der Waals surface area (Å²) >= 11 is 0. The Hall–Kier alpha value is -3.35. The molecule has 2 heterocycles. The van der Waals surface area contributed by atoms with Gasteiger partial charge in [-0.1, -0.05) is 12.1 Å². The van der Waals surface area contributed by atoms with Crippen LogP contribution in [0.3, 0.4) is 0 Å². The Balaban J connectivity index is 1.78. The predicted molar refractivity (Wildman–Crippen MR) is 104 cm³/mol. The van der Waals surface area contributed by atoms with E-state index < -0.39 is 0 Å². The lowest BCUT2D eigenvalue weighted by atomic mass is 10.1. The molecular formula is C20H22N6O. The Bertz CT molecular complexity index is 911. The van der Waals surface area contributed by atoms with Gasteiger partial charge in [-0.05, 0) is 25.1 Å². The lowest BCUT2D eigenvalue weighted by Gasteiger charge is -2.24. The maximum atomic E-state index is 12.8. The highest BCUT2D eigenvalue weighted by molar-refractivity contribution is 5.94. The monoisotopic (exact) mass is 362 g/mol. The number of anilines is 1. The summed E-state index contributed by atoms with van der Waals surface area (Å²) in [6.07, 6.45) is 6.59. The van der Waals surface area contributed by atoms with Gasteiger partial charge in [-0.2, -0.15) is 0 Å². The summed E-state index contributed by atoms with van der Waals surface area (Å²) in [5.74, 6) is 0.715. The first-order valence-electron chi connectivity index (χ1n) is 8.60. The van der Waals surface area contributed by atoms with Crippen molar-refractivity contribution in [2.75, 3.05) is 26.0 Å². The number of amides is 1. The Labute approximate surface area is 158 Å². The van der Waals surface area contributed by atoms with Gasteiger partial charge in [0.25, 0.3) is 5.91 Å². The van der Waals surface area contributed by atoms with E-state index in [-0.39, 0.29) is 11.9 Å². The molecule has 3 aromatic rings. The molecule has 0 N–H and O–H groups in total. The minimum Gasteiger partial charge on any atom is -0.361 e. The van der Waals surface area contributed by atoms with Gasteiger partial charge in [0.15, 0.2) is 0 Å². The number of nitrogens with zero attached hydrogens (tertiary/aromatic N) is 6. The predicted octanol–water partition coefficient (Wildman–Crippen LogP) is 2.83. The summed E-state index contributed by atoms with van der Waals surface area (Å²) in [5.41, 5.74) is 3.09. The van der Waals surface area contributed by atoms with Gasteiger partial charge in [-0.25, -0.2) is 15.0 Å². The van der Waals surface area contributed by atoms with Crippen LogP contribution in [0.5, 0.6) is 0 Å². The van der Waals surface area contributed by atoms with Crippen molar-refractivity contribution in [2.45, 2.75) is 13.0 Å². The topological polar surface area (TPSA) is 75.1 Å². The van der Waals surface area contributed by atoms with Crippen LogP contribution in [0.1, 0.15) is 29.0 Å². The molecule has 1 atom stereocenters. The van der Waals surface area contributed by atoms with Crippen LogP contribution in [0.25, 0.3) is 11.3 Å². The molecule has 138 valence electrons. The molecule has 0 fully saturated rings. The second-order valence-electron chi connectivity index (χ2n) is 6.46. The Kier molecular flexibility index (Phi) is 5.40. The molecule has 0 aliphatic carbocycles. The molecule has 27 heavy (non-hydrogen) atoms. The first-order valence-corrected chi connectivity index (χ1v) is 8.60. The molecule has 0 bridgehead atoms. The van der Waals surface area contributed by atoms with Gasteiger partial charge in [-0.15, -0.1) is 0 Å². The second-order valence-corrected chi connectivity index (χ2v) is 6.46. The molecule has 1 amide bonds. The van der Waals surface area contributed by atoms with Crippen LogP contribution < -0.4 is 4.90 Å². The molecule has 1 aromatic carbocycles. The molecule has 0 unspecified atom stereocenters. The third-order valence-corrected chi connectivity index (χ3v) is 4.44. The van der Waals surface area contributed by atoms with E-state index >= 15 is 0 Å². The van der Waals surface area contributed by atoms with E-state index in [2.05, 4.69) is 19.9 Å². The van der Waals surface area contributed by atoms with Gasteiger partial charge in [0, 0.05) is 38.5 Å². The van der Waals surface area contributed by atoms with Crippen LogP contribution in [0.4, 0.5) is 5.82 Å². The number of hydrogen-bond donors (Lipinski definition) is 0. The molecule has 0 aliphatic heterocycles. The summed E-state index contributed by atoms with van der Waals surface area (Å²) in [5, 5.41) is 0. The highest BCUT2D eigenvalue weighted by Gasteiger charge is 2.20. The van der Waals surface area contributed by atoms with Crippen molar-refractivity contribution in [3.05, 3.63) is 66.5 Å². The number of carbonyl (C=O) groups excluding carboxylic acids is 1. The molecule has 7 nitrogen and oxygen atoms in total. The van der Waals surface area contributed by atoms with Gasteiger partial charge < -0.3 is 9.80 Å². The average Bonchev–Trinajstić information content (AvgIpc) is 2.73. The fraction of sp³-hybridized carbons (Fsp3) is 0.250. The lowest BCUT2D eigenvalue weighted by Crippen LogP contribution is -2.30. The summed E-state index contributed by atoms with van der Waals surface area (Å²) in [6, 6.07) is 9.06. The van der Waals surface area contributed by atoms with Gasteiger partial charge in [0.05, 0.1) is 29.8 Å². The molecule has 0 aliphatic rings. The minimum absolute atomic E-state index is 0.0687. The summed E-state index contributed by atoms with van der Waals surface area (Å²) in [6.45, 7) is 1.94. The summed E-state index contributed by atoms with van der Waals surface area (Å²) < 4.78 is 0. The number of aromatic nitrogens is 4. The van der Waals surface area contributed by atoms with Crippen molar-refractivity contribution in [1.29, 1.82) is 0 Å². The van der Waals surface area contributed by atoms with Crippen LogP contribution in [0, 0.1) is 0 Å². The van der Waals surface area contributed by atoms with E-state index in [1.807, 2.05) is 56.3 Å². The SMILES string of the molecule is C[C@H](c1ccncn1)N(C)C(=O)c1ccc(-c2cncc(N(C)C)n2)cc1. The zero-order valence-corrected chi connectivity index (χ0v) is 15.9. The minimum atomic E-state index is -0.150. The first-order chi connectivity index (χ1) is 13.0. The van der Waals surface area contributed by atoms with Crippen LogP contribution in [-0.4, -0.2) is 51.9 Å². The van der Waals surface area contributed by atoms with Crippen molar-refractivity contribution in [3.63, 3.8) is 0 Å². The van der Waals surface area contributed by atoms with Crippen molar-refractivity contribution in [1.82, 2.24) is 24.8 Å². The summed E-state index contributed by atoms with van der Waals surface area (Å²) in [7, 11) is 5.61. The summed E-state index contributed by atoms with van der Waals surface area (Å²) in [4.78, 5) is 33.3. The first kappa shape index (κ1) is 18.4. The molecule has 0 saturated heterocycles. The number of benzene rings is 1. The maximum Gasteiger partial charge on any atom is 0.254 e. The van der Waals surface area contributed by atoms with Gasteiger partial charge in [-0.3, -0.25) is 9.78 Å². The zero-order valence-electron chi connectivity index (χ0n) is 15.9. The third kappa shape index (κ3) is 4.08. The van der Waals surface area contributed by atoms with E-state index in [0.29, 0.717) is 5.56 Å². The van der Waals surface area contributed by atoms with Crippen LogP contribution >= 0.6 is 0 Å². The van der Waals surface area contributed by atoms with E-state index in [0.717, 1.165) is 22.8 Å². The van der Waals surface area contributed by atoms with Crippen molar-refractivity contribution < 1.29 is 4.79 Å². The smallest absolute Gasteiger partial charge is 0.254 e. The van der Waals surface area contributed by atoms with E-state index in [1.54, 1.807) is 30.5 Å². The number of hydrogen-bond acceptors (Lipinski definition) is 6. The Morgan fingerprint density at radius 3 is 2.37 bits per heavy atom. The zero-order chi connectivity index (χ0) is 19.4. The van der Waals surface area contributed by atoms with Crippen LogP contribution in [-0.2, 0) is 0 Å². The standard InChI is InChI=1S/C20H22N6O/c1-14(17-9-10-21-13-23-17)26(4)20(27)16-7-5-15(6-8-16)18-11-22-12-19(24-18)25(2)3/h5-14H,1-4H3/t14-/m1/s1. The molecular weight excluding hydrogens is 340 g/mol. The fourth-order valence-electron chi connectivity index (χ4n) is 2.62. The molecule has 3 rings (SSSR count). The van der Waals surface area contributed by atoms with Crippen molar-refractivity contribution >= 4 is 11.7 Å². The largest absolute Gasteiger partial charge is 0.361 e. The second kappa shape index (κ2) is 7.90. The van der Waals surface area contributed by atoms with E-state index in [4.69, 9.17) is 0 Å². The normalized spacial score (nSPS) is 11.7. The van der Waals surface area contributed by atoms with Crippen molar-refractivity contribution in [3.8, 4) is 11.3 Å². The molecule has 2 aromatic heterocycles. The molecule has 7 heteroatoms. The lowest BCUT2D eigenvalue weighted by molar-refractivity contribution is 0.0739. The van der Waals surface area contributed by atoms with Crippen LogP contribution in [0.2, 0.25) is 0 Å². The van der Waals surface area contributed by atoms with Gasteiger partial charge in [0.1, 0.15) is 12.1 Å². The van der Waals surface area contributed by atoms with Gasteiger partial charge >= 0.3 is 0 Å². The average molecular weight is 362 g/mol. The van der Waals surface area contributed by atoms with E-state index in [1.165, 1.54) is 6.33 Å². The number of carbonyl (C=O) groups is 1.